The van der Waals surface area contributed by atoms with E-state index in [0.717, 1.165) is 0 Å². The zero-order valence-electron chi connectivity index (χ0n) is 15.5. The molecule has 29 heavy (non-hydrogen) atoms. The van der Waals surface area contributed by atoms with Gasteiger partial charge in [-0.2, -0.15) is 28.5 Å². The Hall–Kier alpha value is -2.74. The maximum atomic E-state index is 12.6. The largest absolute Gasteiger partial charge is 0.342 e. The minimum atomic E-state index is -1.26. The minimum absolute atomic E-state index is 0. The Bertz CT molecular complexity index is 1090. The zero-order valence-corrected chi connectivity index (χ0v) is 18.0. The van der Waals surface area contributed by atoms with Crippen LogP contribution in [0.25, 0.3) is 5.82 Å². The van der Waals surface area contributed by atoms with Gasteiger partial charge in [-0.1, -0.05) is 11.6 Å². The summed E-state index contributed by atoms with van der Waals surface area (Å²) in [6.07, 6.45) is 4.31. The topological polar surface area (TPSA) is 114 Å². The predicted molar refractivity (Wildman–Crippen MR) is 114 cm³/mol. The van der Waals surface area contributed by atoms with E-state index in [1.807, 2.05) is 6.07 Å². The Morgan fingerprint density at radius 3 is 2.69 bits per heavy atom. The molecule has 0 aliphatic rings. The van der Waals surface area contributed by atoms with Crippen LogP contribution in [0.1, 0.15) is 34.7 Å². The number of rotatable bonds is 5. The number of hydrogen-bond donors (Lipinski definition) is 1. The number of nitrogens with zero attached hydrogens (tertiary/aromatic N) is 5. The van der Waals surface area contributed by atoms with Gasteiger partial charge in [0.05, 0.1) is 11.6 Å². The normalized spacial score (nSPS) is 12.3. The minimum Gasteiger partial charge on any atom is -0.342 e. The Morgan fingerprint density at radius 1 is 1.31 bits per heavy atom. The molecule has 2 heterocycles. The van der Waals surface area contributed by atoms with E-state index in [1.165, 1.54) is 35.6 Å². The molecule has 150 valence electrons. The lowest BCUT2D eigenvalue weighted by Gasteiger charge is -2.15. The summed E-state index contributed by atoms with van der Waals surface area (Å²) in [5.41, 5.74) is 0.726. The summed E-state index contributed by atoms with van der Waals surface area (Å²) >= 11 is 6.03. The third-order valence-electron chi connectivity index (χ3n) is 3.87. The molecule has 0 aliphatic heterocycles. The van der Waals surface area contributed by atoms with E-state index in [0.29, 0.717) is 32.7 Å². The molecule has 11 heteroatoms. The Morgan fingerprint density at radius 2 is 2.07 bits per heavy atom. The first-order valence-electron chi connectivity index (χ1n) is 8.10. The first-order valence-corrected chi connectivity index (χ1v) is 10.0. The van der Waals surface area contributed by atoms with Gasteiger partial charge in [-0.05, 0) is 37.3 Å². The molecule has 1 unspecified atom stereocenters. The smallest absolute Gasteiger partial charge is 0.251 e. The molecule has 0 bridgehead atoms. The summed E-state index contributed by atoms with van der Waals surface area (Å²) in [6.45, 7) is 1.76. The van der Waals surface area contributed by atoms with Crippen LogP contribution < -0.4 is 5.32 Å². The Balaban J connectivity index is 0.00000300. The molecule has 1 aromatic carbocycles. The van der Waals surface area contributed by atoms with Gasteiger partial charge in [0, 0.05) is 38.7 Å². The maximum Gasteiger partial charge on any atom is 0.251 e. The van der Waals surface area contributed by atoms with Crippen molar-refractivity contribution in [2.24, 2.45) is 0 Å². The van der Waals surface area contributed by atoms with Gasteiger partial charge in [0.25, 0.3) is 5.91 Å². The first kappa shape index (κ1) is 22.5. The fourth-order valence-corrected chi connectivity index (χ4v) is 3.39. The first-order chi connectivity index (χ1) is 13.4. The molecule has 1 N–H and O–H groups in total. The van der Waals surface area contributed by atoms with Gasteiger partial charge in [-0.15, -0.1) is 0 Å². The number of nitriles is 1. The molecular weight excluding hydrogens is 432 g/mol. The Kier molecular flexibility index (Phi) is 7.50. The Labute approximate surface area is 181 Å². The second kappa shape index (κ2) is 9.65. The van der Waals surface area contributed by atoms with Gasteiger partial charge in [0.2, 0.25) is 0 Å². The summed E-state index contributed by atoms with van der Waals surface area (Å²) in [7, 11) is -1.26. The van der Waals surface area contributed by atoms with Crippen molar-refractivity contribution in [3.63, 3.8) is 0 Å². The summed E-state index contributed by atoms with van der Waals surface area (Å²) in [6, 6.07) is 9.37. The van der Waals surface area contributed by atoms with Gasteiger partial charge in [-0.25, -0.2) is 9.97 Å². The number of aromatic nitrogens is 4. The van der Waals surface area contributed by atoms with Crippen LogP contribution in [0, 0.1) is 11.3 Å². The predicted octanol–water partition coefficient (Wildman–Crippen LogP) is 2.53. The van der Waals surface area contributed by atoms with Gasteiger partial charge in [-0.3, -0.25) is 9.00 Å². The molecule has 2 aromatic heterocycles. The van der Waals surface area contributed by atoms with Gasteiger partial charge < -0.3 is 5.32 Å². The lowest BCUT2D eigenvalue weighted by atomic mass is 10.2. The number of halogens is 1. The van der Waals surface area contributed by atoms with E-state index in [1.54, 1.807) is 25.1 Å². The molecular formula is C18H17ClN6O2S2. The quantitative estimate of drug-likeness (QED) is 0.641. The van der Waals surface area contributed by atoms with Crippen LogP contribution in [0.2, 0.25) is 5.02 Å². The molecule has 0 aliphatic carbocycles. The van der Waals surface area contributed by atoms with Crippen molar-refractivity contribution >= 4 is 41.8 Å². The second-order valence-corrected chi connectivity index (χ2v) is 7.69. The summed E-state index contributed by atoms with van der Waals surface area (Å²) in [5.74, 6) is 0.551. The SMILES string of the molecule is C[C@@H](NC(=O)c1cc(Cl)cc(S(C)=O)c1)c1ncnn1-c1ccc(C#N)cn1.S. The van der Waals surface area contributed by atoms with Gasteiger partial charge in [0.1, 0.15) is 12.4 Å². The van der Waals surface area contributed by atoms with Crippen molar-refractivity contribution in [2.75, 3.05) is 6.26 Å². The number of nitrogens with one attached hydrogen (secondary N) is 1. The molecule has 0 saturated heterocycles. The fourth-order valence-electron chi connectivity index (χ4n) is 2.50. The third kappa shape index (κ3) is 5.20. The second-order valence-electron chi connectivity index (χ2n) is 5.87. The van der Waals surface area contributed by atoms with Crippen molar-refractivity contribution in [3.8, 4) is 11.9 Å². The van der Waals surface area contributed by atoms with Crippen LogP contribution in [-0.4, -0.2) is 36.1 Å². The highest BCUT2D eigenvalue weighted by Crippen LogP contribution is 2.19. The van der Waals surface area contributed by atoms with E-state index >= 15 is 0 Å². The number of carbonyl (C=O) groups excluding carboxylic acids is 1. The zero-order chi connectivity index (χ0) is 20.3. The fraction of sp³-hybridized carbons (Fsp3) is 0.167. The standard InChI is InChI=1S/C18H15ClN6O2S.H2S/c1-11(24-18(26)13-5-14(19)7-15(6-13)28(2)27)17-22-10-23-25(17)16-4-3-12(8-20)9-21-16;/h3-7,9-11H,1-2H3,(H,24,26);1H2/t11-,28?;/m1./s1. The number of benzene rings is 1. The van der Waals surface area contributed by atoms with Crippen LogP contribution in [0.4, 0.5) is 0 Å². The van der Waals surface area contributed by atoms with Crippen molar-refractivity contribution in [1.29, 1.82) is 5.26 Å². The van der Waals surface area contributed by atoms with Crippen LogP contribution in [0.15, 0.2) is 47.8 Å². The van der Waals surface area contributed by atoms with E-state index in [9.17, 15) is 9.00 Å². The van der Waals surface area contributed by atoms with Crippen molar-refractivity contribution in [1.82, 2.24) is 25.1 Å². The number of hydrogen-bond acceptors (Lipinski definition) is 6. The lowest BCUT2D eigenvalue weighted by Crippen LogP contribution is -2.29. The van der Waals surface area contributed by atoms with Gasteiger partial charge >= 0.3 is 0 Å². The van der Waals surface area contributed by atoms with Crippen molar-refractivity contribution < 1.29 is 9.00 Å². The maximum absolute atomic E-state index is 12.6. The molecule has 0 spiro atoms. The highest BCUT2D eigenvalue weighted by molar-refractivity contribution is 7.84. The van der Waals surface area contributed by atoms with E-state index in [4.69, 9.17) is 16.9 Å². The average Bonchev–Trinajstić information content (AvgIpc) is 3.17. The molecule has 0 radical (unpaired) electrons. The average molecular weight is 449 g/mol. The molecule has 2 atom stereocenters. The molecule has 1 amide bonds. The molecule has 3 aromatic rings. The van der Waals surface area contributed by atoms with Crippen LogP contribution in [0.5, 0.6) is 0 Å². The monoisotopic (exact) mass is 448 g/mol. The number of carbonyl (C=O) groups is 1. The van der Waals surface area contributed by atoms with E-state index < -0.39 is 16.8 Å². The van der Waals surface area contributed by atoms with Gasteiger partial charge in [0.15, 0.2) is 11.6 Å². The van der Waals surface area contributed by atoms with E-state index in [2.05, 4.69) is 20.4 Å². The third-order valence-corrected chi connectivity index (χ3v) is 4.99. The molecule has 8 nitrogen and oxygen atoms in total. The van der Waals surface area contributed by atoms with Crippen LogP contribution in [0.3, 0.4) is 0 Å². The molecule has 0 saturated carbocycles. The molecule has 3 rings (SSSR count). The highest BCUT2D eigenvalue weighted by atomic mass is 35.5. The van der Waals surface area contributed by atoms with Crippen LogP contribution in [-0.2, 0) is 10.8 Å². The molecule has 0 fully saturated rings. The van der Waals surface area contributed by atoms with E-state index in [-0.39, 0.29) is 19.4 Å². The summed E-state index contributed by atoms with van der Waals surface area (Å²) in [5, 5.41) is 16.2. The number of amides is 1. The lowest BCUT2D eigenvalue weighted by molar-refractivity contribution is 0.0937. The van der Waals surface area contributed by atoms with Crippen LogP contribution >= 0.6 is 25.1 Å². The summed E-state index contributed by atoms with van der Waals surface area (Å²) in [4.78, 5) is 21.5. The van der Waals surface area contributed by atoms with Crippen molar-refractivity contribution in [3.05, 3.63) is 64.8 Å². The number of pyridine rings is 1. The highest BCUT2D eigenvalue weighted by Gasteiger charge is 2.19. The summed E-state index contributed by atoms with van der Waals surface area (Å²) < 4.78 is 13.2. The van der Waals surface area contributed by atoms with Crippen molar-refractivity contribution in [2.45, 2.75) is 17.9 Å².